The Hall–Kier alpha value is -2.72. The zero-order valence-corrected chi connectivity index (χ0v) is 14.9. The first kappa shape index (κ1) is 16.7. The van der Waals surface area contributed by atoms with Crippen LogP contribution in [0.1, 0.15) is 30.0 Å². The minimum Gasteiger partial charge on any atom is -0.333 e. The van der Waals surface area contributed by atoms with Crippen molar-refractivity contribution < 1.29 is 4.79 Å². The number of carbonyl (C=O) groups excluding carboxylic acids is 1. The number of aromatic nitrogens is 1. The third-order valence-corrected chi connectivity index (χ3v) is 5.24. The van der Waals surface area contributed by atoms with E-state index in [4.69, 9.17) is 0 Å². The van der Waals surface area contributed by atoms with Crippen molar-refractivity contribution >= 4 is 16.7 Å². The standard InChI is InChI=1S/C22H23N3O/c1-16(18-9-8-17-5-2-3-6-19(17)13-18)22(26)25-12-11-24-15-21(25)20-7-4-10-23-14-20/h2-10,13-14,16,21,24H,11-12,15H2,1H3. The van der Waals surface area contributed by atoms with Gasteiger partial charge < -0.3 is 10.2 Å². The molecular weight excluding hydrogens is 322 g/mol. The predicted octanol–water partition coefficient (Wildman–Crippen LogP) is 3.51. The van der Waals surface area contributed by atoms with Crippen LogP contribution >= 0.6 is 0 Å². The molecule has 1 aliphatic heterocycles. The third-order valence-electron chi connectivity index (χ3n) is 5.24. The lowest BCUT2D eigenvalue weighted by Gasteiger charge is -2.38. The van der Waals surface area contributed by atoms with Crippen molar-refractivity contribution in [1.29, 1.82) is 0 Å². The lowest BCUT2D eigenvalue weighted by Crippen LogP contribution is -2.49. The Morgan fingerprint density at radius 2 is 2.00 bits per heavy atom. The summed E-state index contributed by atoms with van der Waals surface area (Å²) in [5, 5.41) is 5.77. The summed E-state index contributed by atoms with van der Waals surface area (Å²) in [5.74, 6) is 0.00696. The molecule has 0 aliphatic carbocycles. The van der Waals surface area contributed by atoms with E-state index in [1.54, 1.807) is 6.20 Å². The van der Waals surface area contributed by atoms with E-state index in [9.17, 15) is 4.79 Å². The van der Waals surface area contributed by atoms with Crippen LogP contribution in [0.15, 0.2) is 67.0 Å². The largest absolute Gasteiger partial charge is 0.333 e. The average Bonchev–Trinajstić information content (AvgIpc) is 2.73. The molecule has 132 valence electrons. The number of fused-ring (bicyclic) bond motifs is 1. The van der Waals surface area contributed by atoms with Gasteiger partial charge in [0.15, 0.2) is 0 Å². The second kappa shape index (κ2) is 7.26. The van der Waals surface area contributed by atoms with Crippen molar-refractivity contribution in [2.75, 3.05) is 19.6 Å². The molecule has 2 unspecified atom stereocenters. The fourth-order valence-electron chi connectivity index (χ4n) is 3.71. The third kappa shape index (κ3) is 3.20. The van der Waals surface area contributed by atoms with Crippen LogP contribution < -0.4 is 5.32 Å². The lowest BCUT2D eigenvalue weighted by molar-refractivity contribution is -0.135. The highest BCUT2D eigenvalue weighted by atomic mass is 16.2. The minimum atomic E-state index is -0.170. The average molecular weight is 345 g/mol. The maximum absolute atomic E-state index is 13.3. The molecule has 1 aliphatic rings. The summed E-state index contributed by atoms with van der Waals surface area (Å²) in [7, 11) is 0. The number of amides is 1. The van der Waals surface area contributed by atoms with Gasteiger partial charge in [0, 0.05) is 32.0 Å². The van der Waals surface area contributed by atoms with E-state index in [1.807, 2.05) is 42.3 Å². The van der Waals surface area contributed by atoms with Crippen molar-refractivity contribution in [2.24, 2.45) is 0 Å². The normalized spacial score (nSPS) is 18.7. The number of hydrogen-bond acceptors (Lipinski definition) is 3. The van der Waals surface area contributed by atoms with Crippen molar-refractivity contribution in [3.8, 4) is 0 Å². The molecule has 26 heavy (non-hydrogen) atoms. The summed E-state index contributed by atoms with van der Waals surface area (Å²) in [6, 6.07) is 18.6. The van der Waals surface area contributed by atoms with Crippen LogP contribution in [0.5, 0.6) is 0 Å². The molecule has 1 fully saturated rings. The van der Waals surface area contributed by atoms with Gasteiger partial charge in [0.1, 0.15) is 0 Å². The molecule has 3 aromatic rings. The maximum atomic E-state index is 13.3. The highest BCUT2D eigenvalue weighted by molar-refractivity contribution is 5.88. The fraction of sp³-hybridized carbons (Fsp3) is 0.273. The van der Waals surface area contributed by atoms with Gasteiger partial charge in [0.25, 0.3) is 0 Å². The topological polar surface area (TPSA) is 45.2 Å². The molecule has 2 atom stereocenters. The molecule has 0 radical (unpaired) electrons. The molecule has 1 amide bonds. The Morgan fingerprint density at radius 1 is 1.15 bits per heavy atom. The van der Waals surface area contributed by atoms with E-state index in [1.165, 1.54) is 10.8 Å². The Bertz CT molecular complexity index is 909. The van der Waals surface area contributed by atoms with Gasteiger partial charge in [-0.15, -0.1) is 0 Å². The first-order valence-electron chi connectivity index (χ1n) is 9.14. The number of pyridine rings is 1. The first-order valence-corrected chi connectivity index (χ1v) is 9.14. The SMILES string of the molecule is CC(C(=O)N1CCNCC1c1cccnc1)c1ccc2ccccc2c1. The van der Waals surface area contributed by atoms with Gasteiger partial charge in [-0.05, 0) is 34.9 Å². The molecule has 0 saturated carbocycles. The van der Waals surface area contributed by atoms with E-state index < -0.39 is 0 Å². The molecule has 4 rings (SSSR count). The number of rotatable bonds is 3. The van der Waals surface area contributed by atoms with Crippen LogP contribution in [0.25, 0.3) is 10.8 Å². The van der Waals surface area contributed by atoms with Crippen LogP contribution in [0.4, 0.5) is 0 Å². The van der Waals surface area contributed by atoms with Crippen molar-refractivity contribution in [1.82, 2.24) is 15.2 Å². The molecule has 1 aromatic heterocycles. The van der Waals surface area contributed by atoms with E-state index in [0.29, 0.717) is 0 Å². The summed E-state index contributed by atoms with van der Waals surface area (Å²) < 4.78 is 0. The zero-order chi connectivity index (χ0) is 17.9. The monoisotopic (exact) mass is 345 g/mol. The second-order valence-corrected chi connectivity index (χ2v) is 6.87. The van der Waals surface area contributed by atoms with E-state index in [-0.39, 0.29) is 17.9 Å². The predicted molar refractivity (Wildman–Crippen MR) is 104 cm³/mol. The van der Waals surface area contributed by atoms with E-state index >= 15 is 0 Å². The van der Waals surface area contributed by atoms with Crippen LogP contribution in [0, 0.1) is 0 Å². The number of nitrogens with one attached hydrogen (secondary N) is 1. The summed E-state index contributed by atoms with van der Waals surface area (Å²) in [6.07, 6.45) is 3.63. The highest BCUT2D eigenvalue weighted by Gasteiger charge is 2.31. The Morgan fingerprint density at radius 3 is 2.81 bits per heavy atom. The molecule has 4 nitrogen and oxygen atoms in total. The molecule has 2 aromatic carbocycles. The van der Waals surface area contributed by atoms with Gasteiger partial charge in [-0.2, -0.15) is 0 Å². The second-order valence-electron chi connectivity index (χ2n) is 6.87. The van der Waals surface area contributed by atoms with Crippen molar-refractivity contribution in [3.05, 3.63) is 78.1 Å². The van der Waals surface area contributed by atoms with Crippen LogP contribution in [0.2, 0.25) is 0 Å². The van der Waals surface area contributed by atoms with Gasteiger partial charge in [-0.1, -0.05) is 48.5 Å². The minimum absolute atomic E-state index is 0.0351. The van der Waals surface area contributed by atoms with Crippen LogP contribution in [0.3, 0.4) is 0 Å². The molecule has 2 heterocycles. The molecule has 1 N–H and O–H groups in total. The molecular formula is C22H23N3O. The van der Waals surface area contributed by atoms with Crippen LogP contribution in [-0.2, 0) is 4.79 Å². The molecule has 0 spiro atoms. The number of nitrogens with zero attached hydrogens (tertiary/aromatic N) is 2. The smallest absolute Gasteiger partial charge is 0.230 e. The van der Waals surface area contributed by atoms with Gasteiger partial charge in [-0.25, -0.2) is 0 Å². The van der Waals surface area contributed by atoms with Gasteiger partial charge in [-0.3, -0.25) is 9.78 Å². The summed E-state index contributed by atoms with van der Waals surface area (Å²) in [5.41, 5.74) is 2.15. The summed E-state index contributed by atoms with van der Waals surface area (Å²) in [4.78, 5) is 19.5. The molecule has 1 saturated heterocycles. The van der Waals surface area contributed by atoms with Gasteiger partial charge in [0.2, 0.25) is 5.91 Å². The van der Waals surface area contributed by atoms with Crippen LogP contribution in [-0.4, -0.2) is 35.4 Å². The van der Waals surface area contributed by atoms with Gasteiger partial charge >= 0.3 is 0 Å². The summed E-state index contributed by atoms with van der Waals surface area (Å²) >= 11 is 0. The zero-order valence-electron chi connectivity index (χ0n) is 14.9. The maximum Gasteiger partial charge on any atom is 0.230 e. The van der Waals surface area contributed by atoms with Gasteiger partial charge in [0.05, 0.1) is 12.0 Å². The first-order chi connectivity index (χ1) is 12.7. The lowest BCUT2D eigenvalue weighted by atomic mass is 9.95. The van der Waals surface area contributed by atoms with E-state index in [0.717, 1.165) is 30.8 Å². The Kier molecular flexibility index (Phi) is 4.67. The number of hydrogen-bond donors (Lipinski definition) is 1. The fourth-order valence-corrected chi connectivity index (χ4v) is 3.71. The van der Waals surface area contributed by atoms with E-state index in [2.05, 4.69) is 40.6 Å². The molecule has 4 heteroatoms. The number of carbonyl (C=O) groups is 1. The summed E-state index contributed by atoms with van der Waals surface area (Å²) in [6.45, 7) is 4.32. The Labute approximate surface area is 153 Å². The Balaban J connectivity index is 1.61. The quantitative estimate of drug-likeness (QED) is 0.790. The number of piperazine rings is 1. The van der Waals surface area contributed by atoms with Crippen molar-refractivity contribution in [2.45, 2.75) is 18.9 Å². The highest BCUT2D eigenvalue weighted by Crippen LogP contribution is 2.28. The number of benzene rings is 2. The molecule has 0 bridgehead atoms. The van der Waals surface area contributed by atoms with Crippen molar-refractivity contribution in [3.63, 3.8) is 0 Å².